The third-order valence-corrected chi connectivity index (χ3v) is 6.18. The third-order valence-electron chi connectivity index (χ3n) is 5.10. The largest absolute Gasteiger partial charge is 0.573 e. The molecular formula is C26H21F3N2O6S. The summed E-state index contributed by atoms with van der Waals surface area (Å²) < 4.78 is 57.9. The molecule has 0 saturated carbocycles. The van der Waals surface area contributed by atoms with Crippen LogP contribution < -0.4 is 18.9 Å². The molecule has 38 heavy (non-hydrogen) atoms. The second kappa shape index (κ2) is 11.4. The lowest BCUT2D eigenvalue weighted by Gasteiger charge is -2.09. The fraction of sp³-hybridized carbons (Fsp3) is 0.192. The molecule has 0 fully saturated rings. The first-order valence-corrected chi connectivity index (χ1v) is 11.9. The van der Waals surface area contributed by atoms with Gasteiger partial charge in [0.2, 0.25) is 5.88 Å². The molecule has 0 aliphatic carbocycles. The number of aliphatic carboxylic acids is 1. The molecule has 2 aromatic carbocycles. The summed E-state index contributed by atoms with van der Waals surface area (Å²) in [6.45, 7) is 1.44. The Bertz CT molecular complexity index is 1410. The van der Waals surface area contributed by atoms with Crippen molar-refractivity contribution in [2.24, 2.45) is 0 Å². The van der Waals surface area contributed by atoms with Gasteiger partial charge in [0, 0.05) is 17.8 Å². The predicted octanol–water partition coefficient (Wildman–Crippen LogP) is 6.13. The lowest BCUT2D eigenvalue weighted by atomic mass is 10.1. The van der Waals surface area contributed by atoms with Gasteiger partial charge >= 0.3 is 12.3 Å². The second-order valence-electron chi connectivity index (χ2n) is 7.85. The van der Waals surface area contributed by atoms with Gasteiger partial charge in [0.05, 0.1) is 17.7 Å². The average Bonchev–Trinajstić information content (AvgIpc) is 3.30. The van der Waals surface area contributed by atoms with Crippen LogP contribution in [0.1, 0.15) is 10.6 Å². The lowest BCUT2D eigenvalue weighted by molar-refractivity contribution is -0.274. The number of nitrogens with zero attached hydrogens (tertiary/aromatic N) is 2. The van der Waals surface area contributed by atoms with Crippen molar-refractivity contribution in [3.05, 3.63) is 71.4 Å². The van der Waals surface area contributed by atoms with Gasteiger partial charge in [-0.2, -0.15) is 0 Å². The number of aryl methyl sites for hydroxylation is 1. The van der Waals surface area contributed by atoms with E-state index in [-0.39, 0.29) is 12.4 Å². The number of hydrogen-bond donors (Lipinski definition) is 1. The number of benzene rings is 2. The van der Waals surface area contributed by atoms with Crippen molar-refractivity contribution in [3.63, 3.8) is 0 Å². The fourth-order valence-electron chi connectivity index (χ4n) is 3.42. The summed E-state index contributed by atoms with van der Waals surface area (Å²) in [5.74, 6) is -0.0107. The van der Waals surface area contributed by atoms with Crippen molar-refractivity contribution in [2.75, 3.05) is 13.7 Å². The summed E-state index contributed by atoms with van der Waals surface area (Å²) in [7, 11) is 1.50. The average molecular weight is 547 g/mol. The number of hydrogen-bond acceptors (Lipinski definition) is 8. The summed E-state index contributed by atoms with van der Waals surface area (Å²) in [5.41, 5.74) is 2.62. The van der Waals surface area contributed by atoms with Gasteiger partial charge in [-0.3, -0.25) is 0 Å². The Balaban J connectivity index is 1.59. The predicted molar refractivity (Wildman–Crippen MR) is 133 cm³/mol. The molecule has 0 aliphatic heterocycles. The highest BCUT2D eigenvalue weighted by Gasteiger charge is 2.31. The van der Waals surface area contributed by atoms with Crippen LogP contribution in [-0.2, 0) is 11.4 Å². The van der Waals surface area contributed by atoms with E-state index in [1.807, 2.05) is 0 Å². The van der Waals surface area contributed by atoms with Crippen LogP contribution in [0.2, 0.25) is 0 Å². The third kappa shape index (κ3) is 6.91. The van der Waals surface area contributed by atoms with Crippen LogP contribution in [0.3, 0.4) is 0 Å². The zero-order valence-electron chi connectivity index (χ0n) is 20.1. The molecule has 0 bridgehead atoms. The zero-order chi connectivity index (χ0) is 27.3. The molecule has 0 spiro atoms. The maximum Gasteiger partial charge on any atom is 0.573 e. The van der Waals surface area contributed by atoms with Gasteiger partial charge in [0.25, 0.3) is 0 Å². The first-order chi connectivity index (χ1) is 18.1. The Morgan fingerprint density at radius 2 is 1.71 bits per heavy atom. The van der Waals surface area contributed by atoms with Gasteiger partial charge in [0.15, 0.2) is 6.61 Å². The summed E-state index contributed by atoms with van der Waals surface area (Å²) in [5, 5.41) is 9.40. The topological polar surface area (TPSA) is 100 Å². The molecule has 4 aromatic rings. The van der Waals surface area contributed by atoms with Crippen LogP contribution in [0.15, 0.2) is 60.8 Å². The van der Waals surface area contributed by atoms with Gasteiger partial charge in [-0.05, 0) is 66.6 Å². The smallest absolute Gasteiger partial charge is 0.486 e. The van der Waals surface area contributed by atoms with E-state index in [0.717, 1.165) is 0 Å². The Labute approximate surface area is 219 Å². The minimum atomic E-state index is -4.78. The van der Waals surface area contributed by atoms with Crippen LogP contribution in [0.5, 0.6) is 23.1 Å². The van der Waals surface area contributed by atoms with E-state index in [1.165, 1.54) is 42.7 Å². The summed E-state index contributed by atoms with van der Waals surface area (Å²) in [6.07, 6.45) is -3.18. The van der Waals surface area contributed by atoms with Crippen LogP contribution in [0.4, 0.5) is 13.2 Å². The second-order valence-corrected chi connectivity index (χ2v) is 8.93. The van der Waals surface area contributed by atoms with Crippen molar-refractivity contribution < 1.29 is 42.0 Å². The first-order valence-electron chi connectivity index (χ1n) is 11.1. The molecule has 198 valence electrons. The summed E-state index contributed by atoms with van der Waals surface area (Å²) in [4.78, 5) is 20.4. The molecule has 0 aliphatic rings. The van der Waals surface area contributed by atoms with Gasteiger partial charge in [0.1, 0.15) is 28.9 Å². The molecule has 0 amide bonds. The highest BCUT2D eigenvalue weighted by Crippen LogP contribution is 2.38. The van der Waals surface area contributed by atoms with E-state index in [4.69, 9.17) is 24.3 Å². The number of carbonyl (C=O) groups is 1. The lowest BCUT2D eigenvalue weighted by Crippen LogP contribution is -2.16. The minimum absolute atomic E-state index is 0.116. The van der Waals surface area contributed by atoms with E-state index < -0.39 is 18.9 Å². The Hall–Kier alpha value is -4.32. The summed E-state index contributed by atoms with van der Waals surface area (Å²) >= 11 is 1.33. The van der Waals surface area contributed by atoms with Crippen molar-refractivity contribution in [3.8, 4) is 44.8 Å². The monoisotopic (exact) mass is 546 g/mol. The Morgan fingerprint density at radius 3 is 2.32 bits per heavy atom. The number of carboxylic acid groups (broad SMARTS) is 1. The molecule has 2 heterocycles. The van der Waals surface area contributed by atoms with Crippen molar-refractivity contribution in [1.82, 2.24) is 9.97 Å². The number of halogens is 3. The normalized spacial score (nSPS) is 11.2. The number of pyridine rings is 1. The molecule has 8 nitrogen and oxygen atoms in total. The molecule has 0 atom stereocenters. The number of aromatic nitrogens is 2. The van der Waals surface area contributed by atoms with Crippen molar-refractivity contribution >= 4 is 17.3 Å². The SMILES string of the molecule is COc1ccc(-c2nc(COc3ccc(OCC(=O)O)c(C)c3)sc2-c2ccc(OC(F)(F)F)cc2)cn1. The van der Waals surface area contributed by atoms with E-state index >= 15 is 0 Å². The van der Waals surface area contributed by atoms with Crippen molar-refractivity contribution in [1.29, 1.82) is 0 Å². The maximum atomic E-state index is 12.6. The van der Waals surface area contributed by atoms with Gasteiger partial charge in [-0.1, -0.05) is 0 Å². The van der Waals surface area contributed by atoms with E-state index in [2.05, 4.69) is 9.72 Å². The number of thiazole rings is 1. The molecule has 1 N–H and O–H groups in total. The highest BCUT2D eigenvalue weighted by atomic mass is 32.1. The molecule has 4 rings (SSSR count). The number of methoxy groups -OCH3 is 1. The fourth-order valence-corrected chi connectivity index (χ4v) is 4.43. The van der Waals surface area contributed by atoms with Crippen LogP contribution in [0, 0.1) is 6.92 Å². The maximum absolute atomic E-state index is 12.6. The molecule has 0 unspecified atom stereocenters. The minimum Gasteiger partial charge on any atom is -0.486 e. The van der Waals surface area contributed by atoms with Gasteiger partial charge in [-0.25, -0.2) is 14.8 Å². The number of carboxylic acids is 1. The first kappa shape index (κ1) is 26.7. The van der Waals surface area contributed by atoms with Gasteiger partial charge in [-0.15, -0.1) is 24.5 Å². The molecule has 12 heteroatoms. The quantitative estimate of drug-likeness (QED) is 0.254. The number of alkyl halides is 3. The van der Waals surface area contributed by atoms with Crippen molar-refractivity contribution in [2.45, 2.75) is 19.9 Å². The number of ether oxygens (including phenoxy) is 4. The molecule has 2 aromatic heterocycles. The Morgan fingerprint density at radius 1 is 1.00 bits per heavy atom. The zero-order valence-corrected chi connectivity index (χ0v) is 20.9. The molecule has 0 radical (unpaired) electrons. The van der Waals surface area contributed by atoms with E-state index in [0.29, 0.717) is 49.6 Å². The van der Waals surface area contributed by atoms with Gasteiger partial charge < -0.3 is 24.1 Å². The highest BCUT2D eigenvalue weighted by molar-refractivity contribution is 7.15. The van der Waals surface area contributed by atoms with Crippen LogP contribution >= 0.6 is 11.3 Å². The Kier molecular flexibility index (Phi) is 8.01. The molecular weight excluding hydrogens is 525 g/mol. The van der Waals surface area contributed by atoms with E-state index in [9.17, 15) is 18.0 Å². The van der Waals surface area contributed by atoms with Crippen LogP contribution in [0.25, 0.3) is 21.7 Å². The van der Waals surface area contributed by atoms with Crippen LogP contribution in [-0.4, -0.2) is 41.1 Å². The summed E-state index contributed by atoms with van der Waals surface area (Å²) in [6, 6.07) is 14.0. The number of rotatable bonds is 10. The molecule has 0 saturated heterocycles. The standard InChI is InChI=1S/C26H21F3N2O6S/c1-15-11-19(8-9-20(15)36-14-23(32)33)35-13-22-31-24(17-5-10-21(34-2)30-12-17)25(38-22)16-3-6-18(7-4-16)37-26(27,28)29/h3-12H,13-14H2,1-2H3,(H,32,33). The van der Waals surface area contributed by atoms with E-state index in [1.54, 1.807) is 43.5 Å².